The summed E-state index contributed by atoms with van der Waals surface area (Å²) in [4.78, 5) is 28.4. The third-order valence-corrected chi connectivity index (χ3v) is 5.93. The van der Waals surface area contributed by atoms with Crippen LogP contribution in [-0.4, -0.2) is 52.5 Å². The molecule has 3 aromatic rings. The number of carbonyl (C=O) groups excluding carboxylic acids is 2. The standard InChI is InChI=1S/C19H17ClF3N3O2.C3H5NO2.C3H8/c1-11-3-2-5-25(8-11)18(27)15-16(20)26-9-13(12-4-6-28-10-12)7-14(17(26)24-15)19(21,22)23;5-3-4-1-2-6-3;1-3-2/h4,6-7,9-11H,2-3,5,8H2,1H3;1-2H2,(H,4,5);3H2,1-2H3/t11-;;/m1../s1. The third kappa shape index (κ3) is 6.97. The maximum Gasteiger partial charge on any atom is 0.420 e. The topological polar surface area (TPSA) is 89.1 Å². The van der Waals surface area contributed by atoms with Gasteiger partial charge in [0.2, 0.25) is 0 Å². The largest absolute Gasteiger partial charge is 0.472 e. The molecule has 0 spiro atoms. The molecule has 12 heteroatoms. The molecule has 2 aliphatic rings. The molecule has 2 aliphatic heterocycles. The van der Waals surface area contributed by atoms with E-state index in [1.807, 2.05) is 6.92 Å². The molecule has 0 aromatic carbocycles. The summed E-state index contributed by atoms with van der Waals surface area (Å²) in [5, 5.41) is 2.33. The number of hydrogen-bond donors (Lipinski definition) is 1. The monoisotopic (exact) mass is 542 g/mol. The third-order valence-electron chi connectivity index (χ3n) is 5.57. The van der Waals surface area contributed by atoms with E-state index in [0.29, 0.717) is 37.7 Å². The molecular weight excluding hydrogens is 513 g/mol. The summed E-state index contributed by atoms with van der Waals surface area (Å²) in [6, 6.07) is 2.54. The van der Waals surface area contributed by atoms with E-state index in [-0.39, 0.29) is 22.5 Å². The number of imidazole rings is 1. The van der Waals surface area contributed by atoms with E-state index in [1.165, 1.54) is 25.1 Å². The van der Waals surface area contributed by atoms with Crippen LogP contribution < -0.4 is 5.32 Å². The van der Waals surface area contributed by atoms with Crippen molar-refractivity contribution in [3.63, 3.8) is 0 Å². The fourth-order valence-electron chi connectivity index (χ4n) is 3.92. The van der Waals surface area contributed by atoms with Gasteiger partial charge in [-0.3, -0.25) is 9.20 Å². The van der Waals surface area contributed by atoms with Crippen molar-refractivity contribution in [2.45, 2.75) is 46.2 Å². The number of hydrogen-bond acceptors (Lipinski definition) is 5. The van der Waals surface area contributed by atoms with Crippen LogP contribution in [0.1, 0.15) is 56.1 Å². The Kier molecular flexibility index (Phi) is 9.47. The number of amides is 2. The number of alkyl carbamates (subject to hydrolysis) is 1. The summed E-state index contributed by atoms with van der Waals surface area (Å²) in [7, 11) is 0. The van der Waals surface area contributed by atoms with Gasteiger partial charge >= 0.3 is 12.3 Å². The van der Waals surface area contributed by atoms with Crippen molar-refractivity contribution in [3.8, 4) is 11.1 Å². The van der Waals surface area contributed by atoms with Crippen molar-refractivity contribution in [1.29, 1.82) is 0 Å². The lowest BCUT2D eigenvalue weighted by atomic mass is 10.0. The van der Waals surface area contributed by atoms with Crippen molar-refractivity contribution in [1.82, 2.24) is 19.6 Å². The summed E-state index contributed by atoms with van der Waals surface area (Å²) in [5.74, 6) is -0.120. The smallest absolute Gasteiger partial charge is 0.420 e. The number of piperidine rings is 1. The summed E-state index contributed by atoms with van der Waals surface area (Å²) in [6.45, 7) is 8.55. The first kappa shape index (κ1) is 28.4. The van der Waals surface area contributed by atoms with Crippen LogP contribution in [0.4, 0.5) is 18.0 Å². The first-order valence-corrected chi connectivity index (χ1v) is 12.5. The molecule has 0 aliphatic carbocycles. The van der Waals surface area contributed by atoms with Gasteiger partial charge in [0.05, 0.1) is 24.6 Å². The lowest BCUT2D eigenvalue weighted by Crippen LogP contribution is -2.39. The summed E-state index contributed by atoms with van der Waals surface area (Å²) >= 11 is 6.33. The van der Waals surface area contributed by atoms with Crippen molar-refractivity contribution in [3.05, 3.63) is 47.3 Å². The molecule has 1 atom stereocenters. The second kappa shape index (κ2) is 12.4. The quantitative estimate of drug-likeness (QED) is 0.411. The number of nitrogens with zero attached hydrogens (tertiary/aromatic N) is 3. The molecule has 0 bridgehead atoms. The first-order chi connectivity index (χ1) is 17.6. The molecule has 37 heavy (non-hydrogen) atoms. The molecule has 2 amide bonds. The lowest BCUT2D eigenvalue weighted by molar-refractivity contribution is -0.136. The molecule has 3 aromatic heterocycles. The fraction of sp³-hybridized carbons (Fsp3) is 0.480. The number of ether oxygens (including phenoxy) is 1. The second-order valence-corrected chi connectivity index (χ2v) is 9.22. The van der Waals surface area contributed by atoms with E-state index >= 15 is 0 Å². The highest BCUT2D eigenvalue weighted by atomic mass is 35.5. The van der Waals surface area contributed by atoms with E-state index in [4.69, 9.17) is 16.0 Å². The minimum Gasteiger partial charge on any atom is -0.472 e. The molecule has 202 valence electrons. The van der Waals surface area contributed by atoms with Gasteiger partial charge in [0.15, 0.2) is 11.3 Å². The van der Waals surface area contributed by atoms with Crippen molar-refractivity contribution < 1.29 is 31.9 Å². The van der Waals surface area contributed by atoms with Crippen LogP contribution in [0.3, 0.4) is 0 Å². The molecule has 0 unspecified atom stereocenters. The number of halogens is 4. The number of rotatable bonds is 2. The average Bonchev–Trinajstić information content (AvgIpc) is 3.61. The first-order valence-electron chi connectivity index (χ1n) is 12.1. The van der Waals surface area contributed by atoms with E-state index in [9.17, 15) is 22.8 Å². The number of furan rings is 1. The van der Waals surface area contributed by atoms with Crippen LogP contribution in [0.25, 0.3) is 16.8 Å². The number of aromatic nitrogens is 2. The maximum atomic E-state index is 13.7. The number of carbonyl (C=O) groups is 2. The van der Waals surface area contributed by atoms with Crippen molar-refractivity contribution in [2.24, 2.45) is 5.92 Å². The van der Waals surface area contributed by atoms with E-state index < -0.39 is 23.3 Å². The predicted octanol–water partition coefficient (Wildman–Crippen LogP) is 6.28. The Morgan fingerprint density at radius 3 is 2.54 bits per heavy atom. The molecule has 0 radical (unpaired) electrons. The summed E-state index contributed by atoms with van der Waals surface area (Å²) in [6.07, 6.45) is 2.29. The number of fused-ring (bicyclic) bond motifs is 1. The normalized spacial score (nSPS) is 17.3. The average molecular weight is 543 g/mol. The van der Waals surface area contributed by atoms with E-state index in [2.05, 4.69) is 28.9 Å². The zero-order valence-electron chi connectivity index (χ0n) is 20.9. The van der Waals surface area contributed by atoms with Gasteiger partial charge in [-0.05, 0) is 30.9 Å². The second-order valence-electron chi connectivity index (χ2n) is 8.87. The number of nitrogens with one attached hydrogen (secondary N) is 1. The molecule has 2 saturated heterocycles. The van der Waals surface area contributed by atoms with Crippen LogP contribution in [-0.2, 0) is 10.9 Å². The van der Waals surface area contributed by atoms with Gasteiger partial charge in [-0.1, -0.05) is 38.8 Å². The Morgan fingerprint density at radius 1 is 1.30 bits per heavy atom. The Bertz CT molecular complexity index is 1200. The SMILES string of the molecule is CCC.C[C@@H]1CCCN(C(=O)c2nc3c(C(F)(F)F)cc(-c4ccoc4)cn3c2Cl)C1.O=C1NCCO1. The zero-order valence-corrected chi connectivity index (χ0v) is 21.7. The minimum absolute atomic E-state index is 0.130. The molecule has 5 rings (SSSR count). The number of alkyl halides is 3. The molecular formula is C25H30ClF3N4O4. The van der Waals surface area contributed by atoms with Crippen molar-refractivity contribution >= 4 is 29.2 Å². The molecule has 1 N–H and O–H groups in total. The fourth-order valence-corrected chi connectivity index (χ4v) is 4.17. The van der Waals surface area contributed by atoms with Crippen LogP contribution in [0.15, 0.2) is 35.3 Å². The summed E-state index contributed by atoms with van der Waals surface area (Å²) in [5.41, 5.74) is -0.781. The Balaban J connectivity index is 0.000000360. The number of pyridine rings is 1. The van der Waals surface area contributed by atoms with E-state index in [1.54, 1.807) is 11.0 Å². The van der Waals surface area contributed by atoms with Gasteiger partial charge in [0.25, 0.3) is 5.91 Å². The van der Waals surface area contributed by atoms with Gasteiger partial charge in [0, 0.05) is 30.4 Å². The minimum atomic E-state index is -4.66. The highest BCUT2D eigenvalue weighted by Crippen LogP contribution is 2.37. The Labute approximate surface area is 217 Å². The van der Waals surface area contributed by atoms with Crippen LogP contribution in [0, 0.1) is 5.92 Å². The molecule has 2 fully saturated rings. The van der Waals surface area contributed by atoms with Gasteiger partial charge in [0.1, 0.15) is 11.8 Å². The Hall–Kier alpha value is -3.21. The molecule has 8 nitrogen and oxygen atoms in total. The lowest BCUT2D eigenvalue weighted by Gasteiger charge is -2.30. The van der Waals surface area contributed by atoms with Crippen LogP contribution in [0.5, 0.6) is 0 Å². The van der Waals surface area contributed by atoms with Crippen molar-refractivity contribution in [2.75, 3.05) is 26.2 Å². The van der Waals surface area contributed by atoms with Gasteiger partial charge < -0.3 is 19.4 Å². The highest BCUT2D eigenvalue weighted by molar-refractivity contribution is 6.33. The Morgan fingerprint density at radius 2 is 2.03 bits per heavy atom. The van der Waals surface area contributed by atoms with Gasteiger partial charge in [-0.15, -0.1) is 0 Å². The maximum absolute atomic E-state index is 13.7. The van der Waals surface area contributed by atoms with Gasteiger partial charge in [-0.2, -0.15) is 13.2 Å². The molecule has 0 saturated carbocycles. The molecule has 5 heterocycles. The number of cyclic esters (lactones) is 1. The highest BCUT2D eigenvalue weighted by Gasteiger charge is 2.37. The van der Waals surface area contributed by atoms with E-state index in [0.717, 1.165) is 23.3 Å². The number of likely N-dealkylation sites (tertiary alicyclic amines) is 1. The van der Waals surface area contributed by atoms with Crippen LogP contribution in [0.2, 0.25) is 5.15 Å². The predicted molar refractivity (Wildman–Crippen MR) is 133 cm³/mol. The zero-order chi connectivity index (χ0) is 27.2. The van der Waals surface area contributed by atoms with Gasteiger partial charge in [-0.25, -0.2) is 9.78 Å². The van der Waals surface area contributed by atoms with Crippen LogP contribution >= 0.6 is 11.6 Å². The summed E-state index contributed by atoms with van der Waals surface area (Å²) < 4.78 is 51.5.